The average molecular weight is 467 g/mol. The molecule has 1 atom stereocenters. The first-order valence-electron chi connectivity index (χ1n) is 12.5. The van der Waals surface area contributed by atoms with E-state index in [9.17, 15) is 19.2 Å². The molecule has 1 N–H and O–H groups in total. The quantitative estimate of drug-likeness (QED) is 0.586. The molecule has 1 unspecified atom stereocenters. The van der Waals surface area contributed by atoms with Crippen LogP contribution in [0.1, 0.15) is 54.4 Å². The molecule has 0 radical (unpaired) electrons. The van der Waals surface area contributed by atoms with E-state index in [1.807, 2.05) is 12.1 Å². The minimum Gasteiger partial charge on any atom is -0.369 e. The van der Waals surface area contributed by atoms with E-state index < -0.39 is 6.04 Å². The van der Waals surface area contributed by atoms with Crippen molar-refractivity contribution in [3.8, 4) is 0 Å². The first kappa shape index (κ1) is 23.0. The van der Waals surface area contributed by atoms with E-state index in [0.29, 0.717) is 35.9 Å². The van der Waals surface area contributed by atoms with Crippen molar-refractivity contribution < 1.29 is 19.2 Å². The van der Waals surface area contributed by atoms with Gasteiger partial charge in [-0.2, -0.15) is 0 Å². The molecule has 4 aliphatic rings. The van der Waals surface area contributed by atoms with Crippen LogP contribution in [0.4, 0.5) is 5.69 Å². The first-order valence-corrected chi connectivity index (χ1v) is 12.5. The highest BCUT2D eigenvalue weighted by Crippen LogP contribution is 2.59. The molecular weight excluding hydrogens is 432 g/mol. The van der Waals surface area contributed by atoms with Gasteiger partial charge >= 0.3 is 0 Å². The maximum atomic E-state index is 12.9. The summed E-state index contributed by atoms with van der Waals surface area (Å²) in [4.78, 5) is 53.6. The van der Waals surface area contributed by atoms with Crippen molar-refractivity contribution in [2.75, 3.05) is 38.1 Å². The van der Waals surface area contributed by atoms with Crippen molar-refractivity contribution in [2.45, 2.75) is 57.2 Å². The highest BCUT2D eigenvalue weighted by molar-refractivity contribution is 6.00. The predicted molar refractivity (Wildman–Crippen MR) is 127 cm³/mol. The maximum Gasteiger partial charge on any atom is 0.255 e. The summed E-state index contributed by atoms with van der Waals surface area (Å²) < 4.78 is 0. The molecule has 34 heavy (non-hydrogen) atoms. The fourth-order valence-electron chi connectivity index (χ4n) is 6.52. The van der Waals surface area contributed by atoms with E-state index in [-0.39, 0.29) is 18.2 Å². The molecule has 2 heterocycles. The Morgan fingerprint density at radius 2 is 1.88 bits per heavy atom. The van der Waals surface area contributed by atoms with E-state index in [1.165, 1.54) is 12.8 Å². The number of piperazine rings is 1. The zero-order valence-corrected chi connectivity index (χ0v) is 19.9. The zero-order valence-electron chi connectivity index (χ0n) is 19.9. The SMILES string of the molecule is CNC(=O)CCC(C=O)N1Cc2cc(N3CCN(C4CC5(CC(C=O)C5)C4)CC3)ccc2C1=O. The van der Waals surface area contributed by atoms with Gasteiger partial charge in [-0.25, -0.2) is 0 Å². The molecule has 3 fully saturated rings. The number of hydrogen-bond acceptors (Lipinski definition) is 6. The Hall–Kier alpha value is -2.74. The third-order valence-electron chi connectivity index (χ3n) is 8.54. The van der Waals surface area contributed by atoms with Gasteiger partial charge in [-0.3, -0.25) is 14.5 Å². The van der Waals surface area contributed by atoms with Gasteiger partial charge in [-0.1, -0.05) is 0 Å². The molecule has 2 saturated carbocycles. The Kier molecular flexibility index (Phi) is 6.18. The Balaban J connectivity index is 1.15. The second-order valence-corrected chi connectivity index (χ2v) is 10.6. The lowest BCUT2D eigenvalue weighted by Gasteiger charge is -2.60. The fourth-order valence-corrected chi connectivity index (χ4v) is 6.52. The molecule has 1 aromatic carbocycles. The van der Waals surface area contributed by atoms with Crippen LogP contribution < -0.4 is 10.2 Å². The number of carbonyl (C=O) groups excluding carboxylic acids is 4. The highest BCUT2D eigenvalue weighted by atomic mass is 16.2. The van der Waals surface area contributed by atoms with Gasteiger partial charge in [0.2, 0.25) is 5.91 Å². The molecule has 0 bridgehead atoms. The lowest BCUT2D eigenvalue weighted by molar-refractivity contribution is -0.129. The van der Waals surface area contributed by atoms with E-state index in [4.69, 9.17) is 0 Å². The summed E-state index contributed by atoms with van der Waals surface area (Å²) in [7, 11) is 1.57. The van der Waals surface area contributed by atoms with Crippen LogP contribution in [-0.4, -0.2) is 79.5 Å². The van der Waals surface area contributed by atoms with Crippen molar-refractivity contribution in [1.82, 2.24) is 15.1 Å². The third kappa shape index (κ3) is 4.13. The number of anilines is 1. The summed E-state index contributed by atoms with van der Waals surface area (Å²) in [6, 6.07) is 6.07. The normalized spacial score (nSPS) is 29.3. The number of fused-ring (bicyclic) bond motifs is 1. The molecule has 2 aliphatic heterocycles. The minimum absolute atomic E-state index is 0.132. The van der Waals surface area contributed by atoms with Crippen LogP contribution in [0.15, 0.2) is 18.2 Å². The van der Waals surface area contributed by atoms with Crippen molar-refractivity contribution in [3.05, 3.63) is 29.3 Å². The molecule has 2 amide bonds. The third-order valence-corrected chi connectivity index (χ3v) is 8.54. The summed E-state index contributed by atoms with van der Waals surface area (Å²) in [5.74, 6) is 0.0394. The second kappa shape index (κ2) is 9.13. The Morgan fingerprint density at radius 3 is 2.53 bits per heavy atom. The van der Waals surface area contributed by atoms with Gasteiger partial charge in [0.15, 0.2) is 0 Å². The van der Waals surface area contributed by atoms with Crippen LogP contribution in [0.3, 0.4) is 0 Å². The number of carbonyl (C=O) groups is 4. The van der Waals surface area contributed by atoms with Crippen LogP contribution in [0, 0.1) is 11.3 Å². The minimum atomic E-state index is -0.590. The van der Waals surface area contributed by atoms with E-state index in [1.54, 1.807) is 11.9 Å². The molecule has 1 spiro atoms. The Labute approximate surface area is 200 Å². The van der Waals surface area contributed by atoms with Crippen LogP contribution in [0.25, 0.3) is 0 Å². The van der Waals surface area contributed by atoms with Gasteiger partial charge in [0.1, 0.15) is 12.6 Å². The van der Waals surface area contributed by atoms with Gasteiger partial charge in [0.25, 0.3) is 5.91 Å². The van der Waals surface area contributed by atoms with Crippen molar-refractivity contribution >= 4 is 30.1 Å². The number of hydrogen-bond donors (Lipinski definition) is 1. The summed E-state index contributed by atoms with van der Waals surface area (Å²) in [6.45, 7) is 4.39. The Bertz CT molecular complexity index is 973. The van der Waals surface area contributed by atoms with Crippen LogP contribution >= 0.6 is 0 Å². The van der Waals surface area contributed by atoms with Gasteiger partial charge < -0.3 is 24.7 Å². The number of amides is 2. The molecule has 8 nitrogen and oxygen atoms in total. The van der Waals surface area contributed by atoms with Crippen molar-refractivity contribution in [3.63, 3.8) is 0 Å². The molecule has 8 heteroatoms. The van der Waals surface area contributed by atoms with Crippen molar-refractivity contribution in [2.24, 2.45) is 11.3 Å². The molecule has 182 valence electrons. The standard InChI is InChI=1S/C26H34N4O4/c1-27-24(33)5-3-21(17-32)30-15-19-10-20(2-4-23(19)25(30)34)28-6-8-29(9-7-28)22-13-26(14-22)11-18(12-26)16-31/h2,4,10,16-18,21-22H,3,5-9,11-15H2,1H3,(H,27,33). The first-order chi connectivity index (χ1) is 16.4. The zero-order chi connectivity index (χ0) is 23.9. The van der Waals surface area contributed by atoms with E-state index in [0.717, 1.165) is 62.8 Å². The lowest BCUT2D eigenvalue weighted by atomic mass is 9.50. The molecular formula is C26H34N4O4. The summed E-state index contributed by atoms with van der Waals surface area (Å²) in [5, 5.41) is 2.56. The van der Waals surface area contributed by atoms with Crippen LogP contribution in [-0.2, 0) is 20.9 Å². The van der Waals surface area contributed by atoms with Crippen molar-refractivity contribution in [1.29, 1.82) is 0 Å². The summed E-state index contributed by atoms with van der Waals surface area (Å²) in [6.07, 6.45) is 7.12. The van der Waals surface area contributed by atoms with Gasteiger partial charge in [0, 0.05) is 69.4 Å². The van der Waals surface area contributed by atoms with Gasteiger partial charge in [-0.05, 0) is 61.3 Å². The van der Waals surface area contributed by atoms with Gasteiger partial charge in [-0.15, -0.1) is 0 Å². The number of aldehydes is 2. The number of benzene rings is 1. The van der Waals surface area contributed by atoms with Crippen LogP contribution in [0.5, 0.6) is 0 Å². The molecule has 1 aromatic rings. The number of nitrogens with one attached hydrogen (secondary N) is 1. The molecule has 0 aromatic heterocycles. The molecule has 5 rings (SSSR count). The number of nitrogens with zero attached hydrogens (tertiary/aromatic N) is 3. The largest absolute Gasteiger partial charge is 0.369 e. The Morgan fingerprint density at radius 1 is 1.15 bits per heavy atom. The smallest absolute Gasteiger partial charge is 0.255 e. The number of rotatable bonds is 8. The van der Waals surface area contributed by atoms with E-state index in [2.05, 4.69) is 21.2 Å². The monoisotopic (exact) mass is 466 g/mol. The maximum absolute atomic E-state index is 12.9. The average Bonchev–Trinajstić information content (AvgIpc) is 3.13. The lowest BCUT2D eigenvalue weighted by Crippen LogP contribution is -2.60. The second-order valence-electron chi connectivity index (χ2n) is 10.6. The topological polar surface area (TPSA) is 90.0 Å². The summed E-state index contributed by atoms with van der Waals surface area (Å²) >= 11 is 0. The van der Waals surface area contributed by atoms with E-state index >= 15 is 0 Å². The summed E-state index contributed by atoms with van der Waals surface area (Å²) in [5.41, 5.74) is 3.19. The molecule has 1 saturated heterocycles. The molecule has 2 aliphatic carbocycles. The van der Waals surface area contributed by atoms with Crippen LogP contribution in [0.2, 0.25) is 0 Å². The van der Waals surface area contributed by atoms with Gasteiger partial charge in [0.05, 0.1) is 6.04 Å². The highest BCUT2D eigenvalue weighted by Gasteiger charge is 2.54. The predicted octanol–water partition coefficient (Wildman–Crippen LogP) is 1.62. The fraction of sp³-hybridized carbons (Fsp3) is 0.615.